The lowest BCUT2D eigenvalue weighted by molar-refractivity contribution is -0.137. The molecule has 0 atom stereocenters. The summed E-state index contributed by atoms with van der Waals surface area (Å²) in [6.45, 7) is 0.0845. The van der Waals surface area contributed by atoms with Gasteiger partial charge in [-0.3, -0.25) is 0 Å². The van der Waals surface area contributed by atoms with Crippen molar-refractivity contribution in [1.82, 2.24) is 0 Å². The highest BCUT2D eigenvalue weighted by molar-refractivity contribution is 5.88. The number of benzene rings is 2. The van der Waals surface area contributed by atoms with Gasteiger partial charge in [-0.15, -0.1) is 0 Å². The first-order valence-corrected chi connectivity index (χ1v) is 7.81. The van der Waals surface area contributed by atoms with Crippen LogP contribution in [-0.4, -0.2) is 18.8 Å². The van der Waals surface area contributed by atoms with Crippen LogP contribution in [0.5, 0.6) is 5.75 Å². The second-order valence-electron chi connectivity index (χ2n) is 5.73. The first-order valence-electron chi connectivity index (χ1n) is 7.81. The van der Waals surface area contributed by atoms with E-state index in [0.717, 1.165) is 23.1 Å². The Labute approximate surface area is 142 Å². The van der Waals surface area contributed by atoms with E-state index in [1.807, 2.05) is 12.1 Å². The Balaban J connectivity index is 2.06. The normalized spacial score (nSPS) is 11.9. The third-order valence-electron chi connectivity index (χ3n) is 3.96. The second kappa shape index (κ2) is 6.80. The van der Waals surface area contributed by atoms with Crippen molar-refractivity contribution in [1.29, 1.82) is 0 Å². The molecular formula is C19H17F3O3. The van der Waals surface area contributed by atoms with Crippen molar-refractivity contribution in [3.63, 3.8) is 0 Å². The third kappa shape index (κ3) is 3.64. The van der Waals surface area contributed by atoms with Gasteiger partial charge in [0.2, 0.25) is 0 Å². The van der Waals surface area contributed by atoms with Gasteiger partial charge in [-0.1, -0.05) is 12.1 Å². The van der Waals surface area contributed by atoms with Crippen molar-refractivity contribution in [3.8, 4) is 17.1 Å². The number of hydrogen-bond donors (Lipinski definition) is 1. The zero-order valence-corrected chi connectivity index (χ0v) is 13.6. The van der Waals surface area contributed by atoms with Gasteiger partial charge in [-0.05, 0) is 48.7 Å². The van der Waals surface area contributed by atoms with Crippen LogP contribution >= 0.6 is 0 Å². The Kier molecular flexibility index (Phi) is 4.72. The van der Waals surface area contributed by atoms with Gasteiger partial charge in [0, 0.05) is 17.6 Å². The molecule has 0 aliphatic heterocycles. The van der Waals surface area contributed by atoms with Crippen LogP contribution in [0.25, 0.3) is 22.3 Å². The van der Waals surface area contributed by atoms with E-state index in [-0.39, 0.29) is 6.61 Å². The van der Waals surface area contributed by atoms with Crippen molar-refractivity contribution < 1.29 is 27.4 Å². The average molecular weight is 350 g/mol. The largest absolute Gasteiger partial charge is 0.493 e. The van der Waals surface area contributed by atoms with Gasteiger partial charge in [-0.25, -0.2) is 0 Å². The lowest BCUT2D eigenvalue weighted by Gasteiger charge is -2.07. The first kappa shape index (κ1) is 17.4. The van der Waals surface area contributed by atoms with Crippen LogP contribution in [0.4, 0.5) is 13.2 Å². The number of hydrogen-bond acceptors (Lipinski definition) is 3. The Morgan fingerprint density at radius 3 is 2.60 bits per heavy atom. The lowest BCUT2D eigenvalue weighted by Crippen LogP contribution is -2.04. The molecule has 3 nitrogen and oxygen atoms in total. The van der Waals surface area contributed by atoms with E-state index in [9.17, 15) is 13.2 Å². The average Bonchev–Trinajstić information content (AvgIpc) is 3.02. The summed E-state index contributed by atoms with van der Waals surface area (Å²) in [4.78, 5) is 0. The fourth-order valence-corrected chi connectivity index (χ4v) is 2.75. The number of aliphatic hydroxyl groups is 1. The Hall–Kier alpha value is -2.47. The van der Waals surface area contributed by atoms with Crippen LogP contribution in [0.2, 0.25) is 0 Å². The maximum absolute atomic E-state index is 12.9. The fourth-order valence-electron chi connectivity index (χ4n) is 2.75. The van der Waals surface area contributed by atoms with Crippen LogP contribution in [0.3, 0.4) is 0 Å². The van der Waals surface area contributed by atoms with Crippen LogP contribution in [0, 0.1) is 0 Å². The Morgan fingerprint density at radius 2 is 1.92 bits per heavy atom. The molecule has 1 aromatic heterocycles. The van der Waals surface area contributed by atoms with Crippen molar-refractivity contribution in [2.24, 2.45) is 0 Å². The standard InChI is InChI=1S/C19H17F3O3/c1-24-17-9-12(4-3-7-23)8-14-11-16(25-18(14)17)13-5-2-6-15(10-13)19(20,21)22/h2,5-6,8-11,23H,3-4,7H2,1H3. The number of rotatable bonds is 5. The summed E-state index contributed by atoms with van der Waals surface area (Å²) < 4.78 is 49.8. The van der Waals surface area contributed by atoms with E-state index in [1.165, 1.54) is 13.2 Å². The quantitative estimate of drug-likeness (QED) is 0.700. The summed E-state index contributed by atoms with van der Waals surface area (Å²) in [6, 6.07) is 10.4. The molecular weight excluding hydrogens is 333 g/mol. The highest BCUT2D eigenvalue weighted by Gasteiger charge is 2.30. The maximum atomic E-state index is 12.9. The minimum absolute atomic E-state index is 0.0845. The third-order valence-corrected chi connectivity index (χ3v) is 3.96. The molecule has 0 saturated heterocycles. The van der Waals surface area contributed by atoms with Crippen molar-refractivity contribution in [3.05, 3.63) is 53.6 Å². The molecule has 0 amide bonds. The van der Waals surface area contributed by atoms with Crippen molar-refractivity contribution in [2.75, 3.05) is 13.7 Å². The molecule has 132 valence electrons. The molecule has 6 heteroatoms. The smallest absolute Gasteiger partial charge is 0.416 e. The van der Waals surface area contributed by atoms with Gasteiger partial charge in [0.15, 0.2) is 11.3 Å². The fraction of sp³-hybridized carbons (Fsp3) is 0.263. The molecule has 0 radical (unpaired) electrons. The topological polar surface area (TPSA) is 42.6 Å². The molecule has 0 aliphatic rings. The summed E-state index contributed by atoms with van der Waals surface area (Å²) in [6.07, 6.45) is -3.11. The minimum atomic E-state index is -4.41. The highest BCUT2D eigenvalue weighted by atomic mass is 19.4. The summed E-state index contributed by atoms with van der Waals surface area (Å²) >= 11 is 0. The van der Waals surface area contributed by atoms with Crippen LogP contribution in [0.15, 0.2) is 46.9 Å². The number of ether oxygens (including phenoxy) is 1. The summed E-state index contributed by atoms with van der Waals surface area (Å²) in [5.74, 6) is 0.863. The predicted molar refractivity (Wildman–Crippen MR) is 88.6 cm³/mol. The molecule has 2 aromatic carbocycles. The first-order chi connectivity index (χ1) is 11.9. The number of halogens is 3. The molecule has 0 fully saturated rings. The minimum Gasteiger partial charge on any atom is -0.493 e. The molecule has 0 bridgehead atoms. The molecule has 3 rings (SSSR count). The van der Waals surface area contributed by atoms with E-state index in [2.05, 4.69) is 0 Å². The predicted octanol–water partition coefficient (Wildman–Crippen LogP) is 5.05. The van der Waals surface area contributed by atoms with E-state index < -0.39 is 11.7 Å². The van der Waals surface area contributed by atoms with E-state index in [4.69, 9.17) is 14.3 Å². The molecule has 0 unspecified atom stereocenters. The molecule has 0 spiro atoms. The maximum Gasteiger partial charge on any atom is 0.416 e. The summed E-state index contributed by atoms with van der Waals surface area (Å²) in [5.41, 5.74) is 1.09. The number of aliphatic hydroxyl groups excluding tert-OH is 1. The molecule has 1 N–H and O–H groups in total. The lowest BCUT2D eigenvalue weighted by atomic mass is 10.1. The number of alkyl halides is 3. The number of furan rings is 1. The Morgan fingerprint density at radius 1 is 1.12 bits per heavy atom. The van der Waals surface area contributed by atoms with E-state index >= 15 is 0 Å². The van der Waals surface area contributed by atoms with Crippen molar-refractivity contribution >= 4 is 11.0 Å². The number of methoxy groups -OCH3 is 1. The van der Waals surface area contributed by atoms with Crippen LogP contribution in [-0.2, 0) is 12.6 Å². The van der Waals surface area contributed by atoms with Gasteiger partial charge in [0.05, 0.1) is 12.7 Å². The van der Waals surface area contributed by atoms with Gasteiger partial charge in [-0.2, -0.15) is 13.2 Å². The van der Waals surface area contributed by atoms with Gasteiger partial charge in [0.1, 0.15) is 5.76 Å². The van der Waals surface area contributed by atoms with E-state index in [1.54, 1.807) is 12.1 Å². The van der Waals surface area contributed by atoms with Crippen LogP contribution in [0.1, 0.15) is 17.5 Å². The van der Waals surface area contributed by atoms with Gasteiger partial charge >= 0.3 is 6.18 Å². The number of fused-ring (bicyclic) bond motifs is 1. The van der Waals surface area contributed by atoms with Gasteiger partial charge < -0.3 is 14.3 Å². The van der Waals surface area contributed by atoms with Crippen LogP contribution < -0.4 is 4.74 Å². The summed E-state index contributed by atoms with van der Waals surface area (Å²) in [5, 5.41) is 9.72. The second-order valence-corrected chi connectivity index (χ2v) is 5.73. The molecule has 3 aromatic rings. The highest BCUT2D eigenvalue weighted by Crippen LogP contribution is 2.37. The number of aryl methyl sites for hydroxylation is 1. The van der Waals surface area contributed by atoms with Gasteiger partial charge in [0.25, 0.3) is 0 Å². The monoisotopic (exact) mass is 350 g/mol. The Bertz CT molecular complexity index is 881. The summed E-state index contributed by atoms with van der Waals surface area (Å²) in [7, 11) is 1.51. The van der Waals surface area contributed by atoms with E-state index in [0.29, 0.717) is 35.5 Å². The molecule has 0 saturated carbocycles. The molecule has 1 heterocycles. The molecule has 25 heavy (non-hydrogen) atoms. The zero-order chi connectivity index (χ0) is 18.0. The zero-order valence-electron chi connectivity index (χ0n) is 13.6. The molecule has 0 aliphatic carbocycles. The SMILES string of the molecule is COc1cc(CCCO)cc2cc(-c3cccc(C(F)(F)F)c3)oc12. The van der Waals surface area contributed by atoms with Crippen molar-refractivity contribution in [2.45, 2.75) is 19.0 Å².